The van der Waals surface area contributed by atoms with Crippen molar-refractivity contribution in [3.8, 4) is 0 Å². The Bertz CT molecular complexity index is 571. The van der Waals surface area contributed by atoms with Crippen LogP contribution in [0.1, 0.15) is 32.3 Å². The first-order chi connectivity index (χ1) is 9.42. The smallest absolute Gasteiger partial charge is 0.236 e. The summed E-state index contributed by atoms with van der Waals surface area (Å²) in [4.78, 5) is 0. The van der Waals surface area contributed by atoms with Gasteiger partial charge in [0.1, 0.15) is 0 Å². The second kappa shape index (κ2) is 6.45. The third kappa shape index (κ3) is 4.20. The summed E-state index contributed by atoms with van der Waals surface area (Å²) in [5, 5.41) is 2.81. The maximum atomic E-state index is 12.3. The van der Waals surface area contributed by atoms with Crippen molar-refractivity contribution in [2.24, 2.45) is 0 Å². The van der Waals surface area contributed by atoms with E-state index in [-0.39, 0.29) is 0 Å². The molecule has 1 aliphatic rings. The molecule has 1 atom stereocenters. The molecular weight excluding hydrogens is 340 g/mol. The summed E-state index contributed by atoms with van der Waals surface area (Å²) >= 11 is 3.41. The van der Waals surface area contributed by atoms with E-state index in [9.17, 15) is 8.42 Å². The highest BCUT2D eigenvalue weighted by Gasteiger charge is 2.26. The average Bonchev–Trinajstić information content (AvgIpc) is 3.21. The lowest BCUT2D eigenvalue weighted by Gasteiger charge is -2.17. The molecule has 1 fully saturated rings. The molecule has 112 valence electrons. The topological polar surface area (TPSA) is 58.2 Å². The number of sulfonamides is 1. The number of rotatable bonds is 7. The first-order valence-corrected chi connectivity index (χ1v) is 9.29. The molecule has 2 rings (SSSR count). The van der Waals surface area contributed by atoms with E-state index in [0.29, 0.717) is 18.3 Å². The lowest BCUT2D eigenvalue weighted by Crippen LogP contribution is -2.35. The fraction of sp³-hybridized carbons (Fsp3) is 0.571. The summed E-state index contributed by atoms with van der Waals surface area (Å²) in [5.41, 5.74) is 1.67. The van der Waals surface area contributed by atoms with Gasteiger partial charge in [-0.15, -0.1) is 0 Å². The Morgan fingerprint density at radius 3 is 2.70 bits per heavy atom. The minimum absolute atomic E-state index is 0.448. The van der Waals surface area contributed by atoms with Gasteiger partial charge in [0.05, 0.1) is 10.9 Å². The molecule has 0 aromatic heterocycles. The molecule has 0 aliphatic heterocycles. The van der Waals surface area contributed by atoms with E-state index in [4.69, 9.17) is 0 Å². The fourth-order valence-corrected chi connectivity index (χ4v) is 3.37. The first kappa shape index (κ1) is 15.8. The van der Waals surface area contributed by atoms with E-state index >= 15 is 0 Å². The van der Waals surface area contributed by atoms with Gasteiger partial charge in [-0.25, -0.2) is 8.42 Å². The van der Waals surface area contributed by atoms with Crippen molar-refractivity contribution in [2.45, 2.75) is 44.4 Å². The Balaban J connectivity index is 2.06. The molecule has 1 saturated carbocycles. The van der Waals surface area contributed by atoms with Gasteiger partial charge in [-0.1, -0.05) is 22.9 Å². The van der Waals surface area contributed by atoms with E-state index < -0.39 is 15.3 Å². The number of aryl methyl sites for hydroxylation is 1. The molecule has 4 nitrogen and oxygen atoms in total. The van der Waals surface area contributed by atoms with Crippen LogP contribution in [0.15, 0.2) is 22.7 Å². The molecule has 0 heterocycles. The van der Waals surface area contributed by atoms with Crippen molar-refractivity contribution in [3.05, 3.63) is 28.2 Å². The second-order valence-electron chi connectivity index (χ2n) is 5.30. The van der Waals surface area contributed by atoms with Crippen molar-refractivity contribution in [3.63, 3.8) is 0 Å². The largest absolute Gasteiger partial charge is 0.313 e. The van der Waals surface area contributed by atoms with Crippen molar-refractivity contribution in [1.29, 1.82) is 0 Å². The zero-order valence-electron chi connectivity index (χ0n) is 11.8. The van der Waals surface area contributed by atoms with Crippen LogP contribution in [0.3, 0.4) is 0 Å². The van der Waals surface area contributed by atoms with Gasteiger partial charge in [-0.2, -0.15) is 0 Å². The molecule has 1 aromatic carbocycles. The summed E-state index contributed by atoms with van der Waals surface area (Å²) in [6.45, 7) is 4.25. The van der Waals surface area contributed by atoms with E-state index in [0.717, 1.165) is 29.3 Å². The van der Waals surface area contributed by atoms with Gasteiger partial charge in [-0.3, -0.25) is 4.72 Å². The predicted octanol–water partition coefficient (Wildman–Crippen LogP) is 2.89. The van der Waals surface area contributed by atoms with Crippen molar-refractivity contribution >= 4 is 31.6 Å². The van der Waals surface area contributed by atoms with E-state index in [1.807, 2.05) is 25.1 Å². The fourth-order valence-electron chi connectivity index (χ4n) is 1.94. The highest BCUT2D eigenvalue weighted by Crippen LogP contribution is 2.24. The molecule has 20 heavy (non-hydrogen) atoms. The summed E-state index contributed by atoms with van der Waals surface area (Å²) in [6, 6.07) is 6.13. The summed E-state index contributed by atoms with van der Waals surface area (Å²) < 4.78 is 28.3. The van der Waals surface area contributed by atoms with Gasteiger partial charge < -0.3 is 5.32 Å². The number of halogens is 1. The number of nitrogens with one attached hydrogen (secondary N) is 2. The maximum absolute atomic E-state index is 12.3. The quantitative estimate of drug-likeness (QED) is 0.785. The van der Waals surface area contributed by atoms with Crippen molar-refractivity contribution < 1.29 is 8.42 Å². The highest BCUT2D eigenvalue weighted by molar-refractivity contribution is 9.10. The monoisotopic (exact) mass is 360 g/mol. The van der Waals surface area contributed by atoms with Crippen LogP contribution in [0, 0.1) is 0 Å². The van der Waals surface area contributed by atoms with Crippen LogP contribution in [0.25, 0.3) is 0 Å². The van der Waals surface area contributed by atoms with E-state index in [1.165, 1.54) is 0 Å². The third-order valence-electron chi connectivity index (χ3n) is 3.50. The molecule has 0 radical (unpaired) electrons. The van der Waals surface area contributed by atoms with E-state index in [2.05, 4.69) is 26.0 Å². The Hall–Kier alpha value is -0.590. The minimum atomic E-state index is -3.35. The molecule has 0 saturated heterocycles. The van der Waals surface area contributed by atoms with Gasteiger partial charge in [-0.05, 0) is 49.9 Å². The van der Waals surface area contributed by atoms with Crippen molar-refractivity contribution in [2.75, 3.05) is 11.3 Å². The Labute approximate surface area is 129 Å². The molecule has 1 unspecified atom stereocenters. The van der Waals surface area contributed by atoms with Gasteiger partial charge in [0.25, 0.3) is 0 Å². The van der Waals surface area contributed by atoms with Gasteiger partial charge in [0.2, 0.25) is 10.0 Å². The normalized spacial score (nSPS) is 16.9. The minimum Gasteiger partial charge on any atom is -0.313 e. The average molecular weight is 361 g/mol. The molecule has 0 bridgehead atoms. The van der Waals surface area contributed by atoms with Crippen LogP contribution in [0.4, 0.5) is 5.69 Å². The Morgan fingerprint density at radius 1 is 1.40 bits per heavy atom. The van der Waals surface area contributed by atoms with Crippen LogP contribution < -0.4 is 10.0 Å². The second-order valence-corrected chi connectivity index (χ2v) is 8.31. The van der Waals surface area contributed by atoms with Gasteiger partial charge in [0.15, 0.2) is 0 Å². The number of hydrogen-bond donors (Lipinski definition) is 2. The zero-order valence-corrected chi connectivity index (χ0v) is 14.2. The number of benzene rings is 1. The molecule has 6 heteroatoms. The van der Waals surface area contributed by atoms with Gasteiger partial charge in [0, 0.05) is 17.1 Å². The van der Waals surface area contributed by atoms with Crippen molar-refractivity contribution in [1.82, 2.24) is 5.32 Å². The molecule has 1 aromatic rings. The van der Waals surface area contributed by atoms with Crippen LogP contribution in [0.2, 0.25) is 0 Å². The summed E-state index contributed by atoms with van der Waals surface area (Å²) in [5.74, 6) is 0. The SMILES string of the molecule is CCc1cc(Br)ccc1NS(=O)(=O)C(C)CNC1CC1. The molecule has 0 spiro atoms. The van der Waals surface area contributed by atoms with E-state index in [1.54, 1.807) is 6.92 Å². The third-order valence-corrected chi connectivity index (χ3v) is 5.73. The van der Waals surface area contributed by atoms with Crippen LogP contribution in [0.5, 0.6) is 0 Å². The standard InChI is InChI=1S/C14H21BrN2O2S/c1-3-11-8-12(15)4-7-14(11)17-20(18,19)10(2)9-16-13-5-6-13/h4,7-8,10,13,16-17H,3,5-6,9H2,1-2H3. The highest BCUT2D eigenvalue weighted by atomic mass is 79.9. The maximum Gasteiger partial charge on any atom is 0.236 e. The Morgan fingerprint density at radius 2 is 2.10 bits per heavy atom. The number of anilines is 1. The van der Waals surface area contributed by atoms with Crippen LogP contribution in [-0.2, 0) is 16.4 Å². The molecule has 0 amide bonds. The number of hydrogen-bond acceptors (Lipinski definition) is 3. The molecular formula is C14H21BrN2O2S. The lowest BCUT2D eigenvalue weighted by molar-refractivity contribution is 0.576. The lowest BCUT2D eigenvalue weighted by atomic mass is 10.1. The molecule has 1 aliphatic carbocycles. The first-order valence-electron chi connectivity index (χ1n) is 6.96. The summed E-state index contributed by atoms with van der Waals surface area (Å²) in [6.07, 6.45) is 3.10. The summed E-state index contributed by atoms with van der Waals surface area (Å²) in [7, 11) is -3.35. The Kier molecular flexibility index (Phi) is 5.09. The molecule has 2 N–H and O–H groups in total. The predicted molar refractivity (Wildman–Crippen MR) is 86.5 cm³/mol. The van der Waals surface area contributed by atoms with Gasteiger partial charge >= 0.3 is 0 Å². The zero-order chi connectivity index (χ0) is 14.8. The van der Waals surface area contributed by atoms with Crippen LogP contribution in [-0.4, -0.2) is 26.3 Å². The van der Waals surface area contributed by atoms with Crippen LogP contribution >= 0.6 is 15.9 Å².